The van der Waals surface area contributed by atoms with Crippen molar-refractivity contribution in [3.63, 3.8) is 0 Å². The largest absolute Gasteiger partial charge is 0.507 e. The van der Waals surface area contributed by atoms with Gasteiger partial charge in [-0.1, -0.05) is 54.1 Å². The van der Waals surface area contributed by atoms with E-state index in [1.54, 1.807) is 24.1 Å². The summed E-state index contributed by atoms with van der Waals surface area (Å²) >= 11 is 0. The summed E-state index contributed by atoms with van der Waals surface area (Å²) in [5, 5.41) is 11.2. The minimum atomic E-state index is -0.675. The number of hydrogen-bond donors (Lipinski definition) is 1. The number of carbonyl (C=O) groups is 2. The maximum Gasteiger partial charge on any atom is 0.295 e. The van der Waals surface area contributed by atoms with Gasteiger partial charge in [-0.05, 0) is 48.7 Å². The number of nitrogens with zero attached hydrogens (tertiary/aromatic N) is 2. The summed E-state index contributed by atoms with van der Waals surface area (Å²) in [4.78, 5) is 30.0. The maximum absolute atomic E-state index is 13.2. The van der Waals surface area contributed by atoms with Gasteiger partial charge in [0.25, 0.3) is 11.7 Å². The van der Waals surface area contributed by atoms with Gasteiger partial charge >= 0.3 is 0 Å². The molecule has 6 nitrogen and oxygen atoms in total. The van der Waals surface area contributed by atoms with Crippen molar-refractivity contribution in [1.29, 1.82) is 0 Å². The molecule has 3 aromatic carbocycles. The van der Waals surface area contributed by atoms with Gasteiger partial charge in [-0.2, -0.15) is 0 Å². The number of aliphatic hydroxyl groups is 1. The quantitative estimate of drug-likeness (QED) is 0.307. The van der Waals surface area contributed by atoms with E-state index in [4.69, 9.17) is 4.74 Å². The Morgan fingerprint density at radius 1 is 0.943 bits per heavy atom. The van der Waals surface area contributed by atoms with E-state index < -0.39 is 17.7 Å². The topological polar surface area (TPSA) is 70.1 Å². The first kappa shape index (κ1) is 24.1. The zero-order chi connectivity index (χ0) is 25.1. The summed E-state index contributed by atoms with van der Waals surface area (Å²) in [5.74, 6) is -0.668. The Kier molecular flexibility index (Phi) is 6.92. The number of rotatable bonds is 7. The minimum absolute atomic E-state index is 0.117. The number of aliphatic hydroxyl groups excluding tert-OH is 1. The highest BCUT2D eigenvalue weighted by Crippen LogP contribution is 2.40. The lowest BCUT2D eigenvalue weighted by molar-refractivity contribution is -0.139. The fourth-order valence-electron chi connectivity index (χ4n) is 4.32. The number of amides is 1. The zero-order valence-corrected chi connectivity index (χ0v) is 20.5. The highest BCUT2D eigenvalue weighted by Gasteiger charge is 2.45. The molecule has 4 rings (SSSR count). The fourth-order valence-corrected chi connectivity index (χ4v) is 4.32. The second-order valence-corrected chi connectivity index (χ2v) is 8.94. The molecule has 0 radical (unpaired) electrons. The Morgan fingerprint density at radius 3 is 2.14 bits per heavy atom. The predicted molar refractivity (Wildman–Crippen MR) is 138 cm³/mol. The molecule has 1 fully saturated rings. The summed E-state index contributed by atoms with van der Waals surface area (Å²) in [6, 6.07) is 22.0. The van der Waals surface area contributed by atoms with Crippen molar-refractivity contribution < 1.29 is 19.4 Å². The lowest BCUT2D eigenvalue weighted by Crippen LogP contribution is -2.31. The number of likely N-dealkylation sites (tertiary alicyclic amines) is 1. The summed E-state index contributed by atoms with van der Waals surface area (Å²) in [6.07, 6.45) is 0.563. The molecule has 1 aliphatic heterocycles. The van der Waals surface area contributed by atoms with E-state index in [9.17, 15) is 14.7 Å². The SMILES string of the molecule is COc1ccc(CCN2C(=O)C(=O)/C(=C(\O)c3ccc(C)cc3)C2c2ccc(N(C)C)cc2)cc1. The van der Waals surface area contributed by atoms with Gasteiger partial charge in [-0.15, -0.1) is 0 Å². The summed E-state index contributed by atoms with van der Waals surface area (Å²) in [6.45, 7) is 2.29. The van der Waals surface area contributed by atoms with Gasteiger partial charge in [0, 0.05) is 31.9 Å². The Bertz CT molecular complexity index is 1240. The Morgan fingerprint density at radius 2 is 1.57 bits per heavy atom. The number of ether oxygens (including phenoxy) is 1. The molecular formula is C29H30N2O4. The normalized spacial score (nSPS) is 17.0. The first-order chi connectivity index (χ1) is 16.8. The fraction of sp³-hybridized carbons (Fsp3) is 0.241. The molecule has 1 unspecified atom stereocenters. The van der Waals surface area contributed by atoms with E-state index in [1.165, 1.54) is 0 Å². The molecule has 0 saturated carbocycles. The van der Waals surface area contributed by atoms with E-state index in [1.807, 2.05) is 86.6 Å². The number of carbonyl (C=O) groups excluding carboxylic acids is 2. The van der Waals surface area contributed by atoms with E-state index in [-0.39, 0.29) is 11.3 Å². The van der Waals surface area contributed by atoms with Crippen LogP contribution in [0.5, 0.6) is 5.75 Å². The molecule has 1 heterocycles. The molecule has 1 N–H and O–H groups in total. The molecule has 1 amide bonds. The lowest BCUT2D eigenvalue weighted by atomic mass is 9.94. The van der Waals surface area contributed by atoms with Gasteiger partial charge in [-0.3, -0.25) is 9.59 Å². The zero-order valence-electron chi connectivity index (χ0n) is 20.5. The van der Waals surface area contributed by atoms with Gasteiger partial charge < -0.3 is 19.6 Å². The Balaban J connectivity index is 1.74. The van der Waals surface area contributed by atoms with E-state index in [0.29, 0.717) is 18.5 Å². The Labute approximate surface area is 206 Å². The molecule has 1 saturated heterocycles. The molecule has 0 bridgehead atoms. The van der Waals surface area contributed by atoms with Crippen LogP contribution in [0.25, 0.3) is 5.76 Å². The average Bonchev–Trinajstić information content (AvgIpc) is 3.12. The van der Waals surface area contributed by atoms with Crippen molar-refractivity contribution in [3.05, 3.63) is 101 Å². The van der Waals surface area contributed by atoms with Crippen LogP contribution in [0.15, 0.2) is 78.4 Å². The van der Waals surface area contributed by atoms with Crippen LogP contribution in [-0.4, -0.2) is 49.4 Å². The van der Waals surface area contributed by atoms with Gasteiger partial charge in [0.1, 0.15) is 11.5 Å². The summed E-state index contributed by atoms with van der Waals surface area (Å²) < 4.78 is 5.22. The number of methoxy groups -OCH3 is 1. The van der Waals surface area contributed by atoms with Crippen molar-refractivity contribution >= 4 is 23.1 Å². The number of benzene rings is 3. The first-order valence-electron chi connectivity index (χ1n) is 11.6. The third kappa shape index (κ3) is 4.92. The van der Waals surface area contributed by atoms with E-state index in [2.05, 4.69) is 0 Å². The Hall–Kier alpha value is -4.06. The molecule has 3 aromatic rings. The summed E-state index contributed by atoms with van der Waals surface area (Å²) in [7, 11) is 5.52. The van der Waals surface area contributed by atoms with Gasteiger partial charge in [0.05, 0.1) is 18.7 Å². The highest BCUT2D eigenvalue weighted by molar-refractivity contribution is 6.46. The molecule has 1 aliphatic rings. The van der Waals surface area contributed by atoms with E-state index in [0.717, 1.165) is 28.1 Å². The second-order valence-electron chi connectivity index (χ2n) is 8.94. The monoisotopic (exact) mass is 470 g/mol. The van der Waals surface area contributed by atoms with Crippen LogP contribution in [0.3, 0.4) is 0 Å². The lowest BCUT2D eigenvalue weighted by Gasteiger charge is -2.26. The third-order valence-electron chi connectivity index (χ3n) is 6.39. The number of Topliss-reactive ketones (excluding diaryl/α,β-unsaturated/α-hetero) is 1. The molecule has 0 spiro atoms. The molecule has 35 heavy (non-hydrogen) atoms. The van der Waals surface area contributed by atoms with Crippen LogP contribution in [0, 0.1) is 6.92 Å². The van der Waals surface area contributed by atoms with Gasteiger partial charge in [-0.25, -0.2) is 0 Å². The number of ketones is 1. The predicted octanol–water partition coefficient (Wildman–Crippen LogP) is 4.73. The van der Waals surface area contributed by atoms with Crippen LogP contribution >= 0.6 is 0 Å². The van der Waals surface area contributed by atoms with Crippen molar-refractivity contribution in [3.8, 4) is 5.75 Å². The molecule has 0 aromatic heterocycles. The van der Waals surface area contributed by atoms with Gasteiger partial charge in [0.2, 0.25) is 0 Å². The average molecular weight is 471 g/mol. The molecule has 1 atom stereocenters. The standard InChI is InChI=1S/C29H30N2O4/c1-19-5-9-22(10-6-19)27(32)25-26(21-11-13-23(14-12-21)30(2)3)31(29(34)28(25)33)18-17-20-7-15-24(35-4)16-8-20/h5-16,26,32H,17-18H2,1-4H3/b27-25-. The van der Waals surface area contributed by atoms with Crippen LogP contribution in [0.1, 0.15) is 28.3 Å². The van der Waals surface area contributed by atoms with E-state index >= 15 is 0 Å². The maximum atomic E-state index is 13.2. The van der Waals surface area contributed by atoms with Crippen molar-refractivity contribution in [2.24, 2.45) is 0 Å². The smallest absolute Gasteiger partial charge is 0.295 e. The molecular weight excluding hydrogens is 440 g/mol. The van der Waals surface area contributed by atoms with Crippen LogP contribution in [-0.2, 0) is 16.0 Å². The first-order valence-corrected chi connectivity index (χ1v) is 11.6. The van der Waals surface area contributed by atoms with Crippen molar-refractivity contribution in [1.82, 2.24) is 4.90 Å². The second kappa shape index (κ2) is 10.1. The number of aryl methyl sites for hydroxylation is 1. The van der Waals surface area contributed by atoms with Crippen LogP contribution in [0.4, 0.5) is 5.69 Å². The molecule has 180 valence electrons. The highest BCUT2D eigenvalue weighted by atomic mass is 16.5. The molecule has 0 aliphatic carbocycles. The van der Waals surface area contributed by atoms with Crippen molar-refractivity contribution in [2.75, 3.05) is 32.6 Å². The van der Waals surface area contributed by atoms with Crippen LogP contribution in [0.2, 0.25) is 0 Å². The third-order valence-corrected chi connectivity index (χ3v) is 6.39. The van der Waals surface area contributed by atoms with Gasteiger partial charge in [0.15, 0.2) is 0 Å². The van der Waals surface area contributed by atoms with Crippen molar-refractivity contribution in [2.45, 2.75) is 19.4 Å². The minimum Gasteiger partial charge on any atom is -0.507 e. The molecule has 6 heteroatoms. The summed E-state index contributed by atoms with van der Waals surface area (Å²) in [5.41, 5.74) is 4.47. The number of anilines is 1. The van der Waals surface area contributed by atoms with Crippen LogP contribution < -0.4 is 9.64 Å². The number of hydrogen-bond acceptors (Lipinski definition) is 5.